The first-order valence-corrected chi connectivity index (χ1v) is 8.88. The molecule has 7 nitrogen and oxygen atoms in total. The van der Waals surface area contributed by atoms with Gasteiger partial charge in [-0.2, -0.15) is 10.1 Å². The minimum atomic E-state index is -0.173. The van der Waals surface area contributed by atoms with Crippen LogP contribution in [0, 0.1) is 0 Å². The summed E-state index contributed by atoms with van der Waals surface area (Å²) in [6.07, 6.45) is 5.28. The molecular formula is C19H21N5O2. The summed E-state index contributed by atoms with van der Waals surface area (Å²) < 4.78 is 7.17. The highest BCUT2D eigenvalue weighted by atomic mass is 16.5. The van der Waals surface area contributed by atoms with Crippen LogP contribution in [0.5, 0.6) is 0 Å². The highest BCUT2D eigenvalue weighted by Crippen LogP contribution is 2.33. The topological polar surface area (TPSA) is 77.0 Å². The molecule has 1 aromatic carbocycles. The molecule has 26 heavy (non-hydrogen) atoms. The van der Waals surface area contributed by atoms with Crippen LogP contribution in [-0.4, -0.2) is 37.3 Å². The van der Waals surface area contributed by atoms with Gasteiger partial charge in [0, 0.05) is 24.9 Å². The van der Waals surface area contributed by atoms with Gasteiger partial charge in [0.25, 0.3) is 5.91 Å². The molecule has 3 aromatic rings. The zero-order valence-electron chi connectivity index (χ0n) is 14.9. The van der Waals surface area contributed by atoms with Gasteiger partial charge in [-0.25, -0.2) is 4.68 Å². The van der Waals surface area contributed by atoms with Gasteiger partial charge in [-0.15, -0.1) is 0 Å². The third-order valence-electron chi connectivity index (χ3n) is 4.66. The van der Waals surface area contributed by atoms with Crippen molar-refractivity contribution in [1.82, 2.24) is 24.8 Å². The van der Waals surface area contributed by atoms with Gasteiger partial charge < -0.3 is 9.42 Å². The minimum absolute atomic E-state index is 0.0390. The molecule has 7 heteroatoms. The van der Waals surface area contributed by atoms with E-state index in [1.807, 2.05) is 55.3 Å². The largest absolute Gasteiger partial charge is 0.337 e. The van der Waals surface area contributed by atoms with E-state index >= 15 is 0 Å². The van der Waals surface area contributed by atoms with E-state index in [1.165, 1.54) is 0 Å². The number of aromatic nitrogens is 4. The highest BCUT2D eigenvalue weighted by molar-refractivity contribution is 5.98. The van der Waals surface area contributed by atoms with Gasteiger partial charge >= 0.3 is 0 Å². The van der Waals surface area contributed by atoms with Crippen molar-refractivity contribution in [3.8, 4) is 5.69 Å². The van der Waals surface area contributed by atoms with Crippen LogP contribution in [0.3, 0.4) is 0 Å². The standard InChI is InChI=1S/C19H21N5O2/c1-13(2)17-21-18(26-22-17)16-9-5-11-23(16)19(25)14-7-3-4-8-15(14)24-12-6-10-20-24/h3-4,6-8,10,12-13,16H,5,9,11H2,1-2H3. The lowest BCUT2D eigenvalue weighted by Crippen LogP contribution is -2.31. The number of amides is 1. The normalized spacial score (nSPS) is 17.2. The second-order valence-corrected chi connectivity index (χ2v) is 6.77. The first-order chi connectivity index (χ1) is 12.6. The number of para-hydroxylation sites is 1. The van der Waals surface area contributed by atoms with Gasteiger partial charge in [-0.1, -0.05) is 31.1 Å². The molecule has 3 heterocycles. The third kappa shape index (κ3) is 2.89. The van der Waals surface area contributed by atoms with Crippen molar-refractivity contribution >= 4 is 5.91 Å². The number of hydrogen-bond acceptors (Lipinski definition) is 5. The molecular weight excluding hydrogens is 330 g/mol. The van der Waals surface area contributed by atoms with Crippen molar-refractivity contribution in [3.05, 3.63) is 60.0 Å². The molecule has 0 aliphatic carbocycles. The van der Waals surface area contributed by atoms with E-state index in [0.29, 0.717) is 23.8 Å². The number of carbonyl (C=O) groups is 1. The van der Waals surface area contributed by atoms with Crippen LogP contribution in [0.15, 0.2) is 47.2 Å². The van der Waals surface area contributed by atoms with Crippen LogP contribution >= 0.6 is 0 Å². The van der Waals surface area contributed by atoms with Gasteiger partial charge in [0.2, 0.25) is 5.89 Å². The molecule has 1 atom stereocenters. The maximum Gasteiger partial charge on any atom is 0.256 e. The summed E-state index contributed by atoms with van der Waals surface area (Å²) in [5.74, 6) is 1.36. The Morgan fingerprint density at radius 3 is 2.85 bits per heavy atom. The van der Waals surface area contributed by atoms with Crippen LogP contribution in [-0.2, 0) is 0 Å². The molecule has 1 amide bonds. The summed E-state index contributed by atoms with van der Waals surface area (Å²) in [5.41, 5.74) is 1.38. The smallest absolute Gasteiger partial charge is 0.256 e. The lowest BCUT2D eigenvalue weighted by Gasteiger charge is -2.23. The SMILES string of the molecule is CC(C)c1noc(C2CCCN2C(=O)c2ccccc2-n2cccn2)n1. The number of likely N-dealkylation sites (tertiary alicyclic amines) is 1. The molecule has 0 radical (unpaired) electrons. The van der Waals surface area contributed by atoms with E-state index in [1.54, 1.807) is 10.9 Å². The predicted molar refractivity (Wildman–Crippen MR) is 95.0 cm³/mol. The zero-order chi connectivity index (χ0) is 18.1. The Labute approximate surface area is 151 Å². The highest BCUT2D eigenvalue weighted by Gasteiger charge is 2.35. The summed E-state index contributed by atoms with van der Waals surface area (Å²) in [6, 6.07) is 9.17. The van der Waals surface area contributed by atoms with Crippen LogP contribution in [0.2, 0.25) is 0 Å². The van der Waals surface area contributed by atoms with E-state index in [0.717, 1.165) is 18.5 Å². The second-order valence-electron chi connectivity index (χ2n) is 6.77. The molecule has 1 fully saturated rings. The molecule has 1 unspecified atom stereocenters. The fraction of sp³-hybridized carbons (Fsp3) is 0.368. The number of nitrogens with zero attached hydrogens (tertiary/aromatic N) is 5. The number of carbonyl (C=O) groups excluding carboxylic acids is 1. The Bertz CT molecular complexity index is 900. The summed E-state index contributed by atoms with van der Waals surface area (Å²) in [7, 11) is 0. The molecule has 0 spiro atoms. The van der Waals surface area contributed by atoms with Gasteiger partial charge in [-0.3, -0.25) is 4.79 Å². The van der Waals surface area contributed by atoms with Crippen LogP contribution < -0.4 is 0 Å². The van der Waals surface area contributed by atoms with Gasteiger partial charge in [0.15, 0.2) is 5.82 Å². The summed E-state index contributed by atoms with van der Waals surface area (Å²) >= 11 is 0. The number of benzene rings is 1. The lowest BCUT2D eigenvalue weighted by atomic mass is 10.1. The summed E-state index contributed by atoms with van der Waals surface area (Å²) in [6.45, 7) is 4.72. The molecule has 0 bridgehead atoms. The second kappa shape index (κ2) is 6.74. The quantitative estimate of drug-likeness (QED) is 0.720. The van der Waals surface area contributed by atoms with Crippen LogP contribution in [0.4, 0.5) is 0 Å². The van der Waals surface area contributed by atoms with E-state index in [-0.39, 0.29) is 17.9 Å². The summed E-state index contributed by atoms with van der Waals surface area (Å²) in [4.78, 5) is 19.6. The Hall–Kier alpha value is -2.96. The van der Waals surface area contributed by atoms with Crippen molar-refractivity contribution in [2.75, 3.05) is 6.54 Å². The predicted octanol–water partition coefficient (Wildman–Crippen LogP) is 3.36. The number of rotatable bonds is 4. The third-order valence-corrected chi connectivity index (χ3v) is 4.66. The lowest BCUT2D eigenvalue weighted by molar-refractivity contribution is 0.0710. The van der Waals surface area contributed by atoms with Crippen LogP contribution in [0.25, 0.3) is 5.69 Å². The fourth-order valence-corrected chi connectivity index (χ4v) is 3.30. The van der Waals surface area contributed by atoms with Crippen molar-refractivity contribution in [2.24, 2.45) is 0 Å². The Kier molecular flexibility index (Phi) is 4.28. The fourth-order valence-electron chi connectivity index (χ4n) is 3.30. The van der Waals surface area contributed by atoms with Crippen molar-refractivity contribution < 1.29 is 9.32 Å². The first kappa shape index (κ1) is 16.5. The summed E-state index contributed by atoms with van der Waals surface area (Å²) in [5, 5.41) is 8.31. The molecule has 134 valence electrons. The molecule has 0 N–H and O–H groups in total. The van der Waals surface area contributed by atoms with Crippen molar-refractivity contribution in [1.29, 1.82) is 0 Å². The molecule has 2 aromatic heterocycles. The monoisotopic (exact) mass is 351 g/mol. The Morgan fingerprint density at radius 1 is 1.27 bits per heavy atom. The van der Waals surface area contributed by atoms with Gasteiger partial charge in [-0.05, 0) is 31.0 Å². The average Bonchev–Trinajstić information content (AvgIpc) is 3.41. The maximum atomic E-state index is 13.3. The molecule has 1 saturated heterocycles. The van der Waals surface area contributed by atoms with Crippen LogP contribution in [0.1, 0.15) is 60.7 Å². The molecule has 1 aliphatic heterocycles. The zero-order valence-corrected chi connectivity index (χ0v) is 14.9. The van der Waals surface area contributed by atoms with E-state index in [4.69, 9.17) is 4.52 Å². The number of hydrogen-bond donors (Lipinski definition) is 0. The maximum absolute atomic E-state index is 13.3. The molecule has 4 rings (SSSR count). The average molecular weight is 351 g/mol. The van der Waals surface area contributed by atoms with Gasteiger partial charge in [0.05, 0.1) is 11.3 Å². The van der Waals surface area contributed by atoms with E-state index in [9.17, 15) is 4.79 Å². The van der Waals surface area contributed by atoms with Crippen molar-refractivity contribution in [3.63, 3.8) is 0 Å². The molecule has 0 saturated carbocycles. The van der Waals surface area contributed by atoms with E-state index < -0.39 is 0 Å². The van der Waals surface area contributed by atoms with E-state index in [2.05, 4.69) is 15.2 Å². The Balaban J connectivity index is 1.65. The first-order valence-electron chi connectivity index (χ1n) is 8.88. The van der Waals surface area contributed by atoms with Crippen molar-refractivity contribution in [2.45, 2.75) is 38.6 Å². The Morgan fingerprint density at radius 2 is 2.12 bits per heavy atom. The minimum Gasteiger partial charge on any atom is -0.337 e. The molecule has 1 aliphatic rings. The van der Waals surface area contributed by atoms with Gasteiger partial charge in [0.1, 0.15) is 6.04 Å².